The molecule has 6 aromatic carbocycles. The normalized spacial score (nSPS) is 11.7. The molecule has 0 radical (unpaired) electrons. The molecule has 0 unspecified atom stereocenters. The Labute approximate surface area is 288 Å². The molecule has 0 saturated carbocycles. The fourth-order valence-corrected chi connectivity index (χ4v) is 7.53. The molecule has 9 aromatic rings. The molecule has 0 spiro atoms. The first-order valence-electron chi connectivity index (χ1n) is 16.7. The highest BCUT2D eigenvalue weighted by molar-refractivity contribution is 6.68. The van der Waals surface area contributed by atoms with Gasteiger partial charge in [0.1, 0.15) is 50.4 Å². The summed E-state index contributed by atoms with van der Waals surface area (Å²) in [6.07, 6.45) is 0. The Kier molecular flexibility index (Phi) is 6.70. The Morgan fingerprint density at radius 2 is 1.02 bits per heavy atom. The smallest absolute Gasteiger partial charge is 0.167 e. The first-order chi connectivity index (χ1) is 23.9. The standard InChI is InChI=1S/C39H29B5N4O/c40-31-30(32(41)34(43)35(44)33(31)42)39-46-37(20-10-2-1-3-11-20)45-38(47-39)24-15-8-14-23-29-27(18-9-19-28(29)49-36(23)24)48-25-16-6-4-12-21(25)22-13-5-7-17-26(22)48/h1-19H,40-44H2. The van der Waals surface area contributed by atoms with E-state index >= 15 is 0 Å². The predicted octanol–water partition coefficient (Wildman–Crippen LogP) is 1.16. The monoisotopic (exact) mass is 624 g/mol. The predicted molar refractivity (Wildman–Crippen MR) is 219 cm³/mol. The average molecular weight is 624 g/mol. The van der Waals surface area contributed by atoms with Crippen molar-refractivity contribution < 1.29 is 4.42 Å². The van der Waals surface area contributed by atoms with E-state index in [2.05, 4.69) is 129 Å². The molecule has 3 aromatic heterocycles. The van der Waals surface area contributed by atoms with Crippen molar-refractivity contribution in [2.75, 3.05) is 0 Å². The molecule has 5 nitrogen and oxygen atoms in total. The first-order valence-corrected chi connectivity index (χ1v) is 16.7. The molecule has 0 aliphatic rings. The SMILES string of the molecule is Bc1c(B)c(B)c(-c2nc(-c3ccccc3)nc(-c3cccc4c3oc3cccc(-n5c6ccccc6c6ccccc65)c34)n2)c(B)c1B. The molecule has 3 heterocycles. The number of para-hydroxylation sites is 3. The average Bonchev–Trinajstić information content (AvgIpc) is 3.70. The van der Waals surface area contributed by atoms with Gasteiger partial charge in [-0.25, -0.2) is 15.0 Å². The third-order valence-electron chi connectivity index (χ3n) is 10.5. The van der Waals surface area contributed by atoms with Crippen LogP contribution in [0.15, 0.2) is 120 Å². The second-order valence-corrected chi connectivity index (χ2v) is 13.0. The van der Waals surface area contributed by atoms with E-state index in [4.69, 9.17) is 19.4 Å². The maximum absolute atomic E-state index is 6.78. The molecule has 0 amide bonds. The second-order valence-electron chi connectivity index (χ2n) is 13.0. The fraction of sp³-hybridized carbons (Fsp3) is 0. The number of hydrogen-bond donors (Lipinski definition) is 0. The van der Waals surface area contributed by atoms with E-state index in [1.54, 1.807) is 0 Å². The zero-order chi connectivity index (χ0) is 33.4. The van der Waals surface area contributed by atoms with Crippen molar-refractivity contribution in [1.82, 2.24) is 19.5 Å². The summed E-state index contributed by atoms with van der Waals surface area (Å²) >= 11 is 0. The van der Waals surface area contributed by atoms with Crippen LogP contribution >= 0.6 is 0 Å². The van der Waals surface area contributed by atoms with Crippen molar-refractivity contribution in [3.8, 4) is 39.9 Å². The third kappa shape index (κ3) is 4.43. The molecule has 0 aliphatic carbocycles. The van der Waals surface area contributed by atoms with E-state index < -0.39 is 0 Å². The maximum atomic E-state index is 6.78. The summed E-state index contributed by atoms with van der Waals surface area (Å²) in [5, 5.41) is 4.52. The van der Waals surface area contributed by atoms with Crippen LogP contribution in [0.3, 0.4) is 0 Å². The Balaban J connectivity index is 1.33. The van der Waals surface area contributed by atoms with Crippen LogP contribution < -0.4 is 27.3 Å². The van der Waals surface area contributed by atoms with Gasteiger partial charge >= 0.3 is 0 Å². The van der Waals surface area contributed by atoms with E-state index in [1.165, 1.54) is 38.1 Å². The van der Waals surface area contributed by atoms with E-state index in [1.807, 2.05) is 30.3 Å². The van der Waals surface area contributed by atoms with Crippen molar-refractivity contribution in [3.05, 3.63) is 115 Å². The van der Waals surface area contributed by atoms with Gasteiger partial charge in [0.2, 0.25) is 0 Å². The van der Waals surface area contributed by atoms with Gasteiger partial charge in [0, 0.05) is 27.3 Å². The number of aromatic nitrogens is 4. The van der Waals surface area contributed by atoms with E-state index in [9.17, 15) is 0 Å². The van der Waals surface area contributed by atoms with Crippen molar-refractivity contribution in [3.63, 3.8) is 0 Å². The Morgan fingerprint density at radius 1 is 0.469 bits per heavy atom. The molecule has 226 valence electrons. The maximum Gasteiger partial charge on any atom is 0.167 e. The zero-order valence-corrected chi connectivity index (χ0v) is 28.2. The number of furan rings is 1. The Hall–Kier alpha value is -5.75. The fourth-order valence-electron chi connectivity index (χ4n) is 7.53. The number of rotatable bonds is 4. The van der Waals surface area contributed by atoms with Gasteiger partial charge < -0.3 is 8.98 Å². The van der Waals surface area contributed by atoms with Gasteiger partial charge in [-0.3, -0.25) is 0 Å². The molecule has 10 heteroatoms. The topological polar surface area (TPSA) is 56.7 Å². The van der Waals surface area contributed by atoms with Gasteiger partial charge in [0.05, 0.1) is 27.7 Å². The quantitative estimate of drug-likeness (QED) is 0.277. The van der Waals surface area contributed by atoms with Crippen LogP contribution in [0.1, 0.15) is 0 Å². The van der Waals surface area contributed by atoms with Crippen molar-refractivity contribution in [2.45, 2.75) is 0 Å². The van der Waals surface area contributed by atoms with Crippen molar-refractivity contribution >= 4 is 110 Å². The number of benzene rings is 6. The molecule has 0 N–H and O–H groups in total. The summed E-state index contributed by atoms with van der Waals surface area (Å²) < 4.78 is 9.14. The minimum Gasteiger partial charge on any atom is -0.455 e. The largest absolute Gasteiger partial charge is 0.455 e. The van der Waals surface area contributed by atoms with E-state index in [0.29, 0.717) is 17.5 Å². The van der Waals surface area contributed by atoms with Crippen LogP contribution in [0.25, 0.3) is 83.6 Å². The van der Waals surface area contributed by atoms with Crippen LogP contribution in [0.5, 0.6) is 0 Å². The molecular formula is C39H29B5N4O. The lowest BCUT2D eigenvalue weighted by Gasteiger charge is -2.20. The van der Waals surface area contributed by atoms with E-state index in [-0.39, 0.29) is 0 Å². The minimum absolute atomic E-state index is 0.585. The highest BCUT2D eigenvalue weighted by Gasteiger charge is 2.22. The summed E-state index contributed by atoms with van der Waals surface area (Å²) in [5.74, 6) is 1.89. The second kappa shape index (κ2) is 11.2. The number of nitrogens with zero attached hydrogens (tertiary/aromatic N) is 4. The summed E-state index contributed by atoms with van der Waals surface area (Å²) in [4.78, 5) is 15.4. The van der Waals surface area contributed by atoms with Crippen LogP contribution in [-0.4, -0.2) is 58.8 Å². The van der Waals surface area contributed by atoms with Gasteiger partial charge in [-0.05, 0) is 30.3 Å². The third-order valence-corrected chi connectivity index (χ3v) is 10.5. The number of fused-ring (bicyclic) bond motifs is 6. The molecule has 0 fully saturated rings. The van der Waals surface area contributed by atoms with E-state index in [0.717, 1.165) is 55.3 Å². The Bertz CT molecular complexity index is 2710. The lowest BCUT2D eigenvalue weighted by molar-refractivity contribution is 0.669. The zero-order valence-electron chi connectivity index (χ0n) is 28.2. The van der Waals surface area contributed by atoms with Crippen molar-refractivity contribution in [1.29, 1.82) is 0 Å². The lowest BCUT2D eigenvalue weighted by Crippen LogP contribution is -2.55. The molecule has 9 rings (SSSR count). The van der Waals surface area contributed by atoms with Gasteiger partial charge in [-0.1, -0.05) is 95.9 Å². The van der Waals surface area contributed by atoms with Gasteiger partial charge in [-0.2, -0.15) is 0 Å². The molecule has 0 saturated heterocycles. The number of hydrogen-bond acceptors (Lipinski definition) is 4. The minimum atomic E-state index is 0.585. The molecule has 0 bridgehead atoms. The Morgan fingerprint density at radius 3 is 1.71 bits per heavy atom. The first kappa shape index (κ1) is 29.4. The molecule has 0 atom stereocenters. The van der Waals surface area contributed by atoms with Crippen molar-refractivity contribution in [2.24, 2.45) is 0 Å². The summed E-state index contributed by atoms with van der Waals surface area (Å²) in [6.45, 7) is 0. The summed E-state index contributed by atoms with van der Waals surface area (Å²) in [7, 11) is 10.9. The lowest BCUT2D eigenvalue weighted by atomic mass is 9.60. The molecular weight excluding hydrogens is 595 g/mol. The summed E-state index contributed by atoms with van der Waals surface area (Å²) in [5.41, 5.74) is 14.0. The van der Waals surface area contributed by atoms with Gasteiger partial charge in [-0.15, -0.1) is 16.4 Å². The van der Waals surface area contributed by atoms with Gasteiger partial charge in [0.25, 0.3) is 0 Å². The summed E-state index contributed by atoms with van der Waals surface area (Å²) in [6, 6.07) is 39.9. The van der Waals surface area contributed by atoms with Crippen LogP contribution in [0, 0.1) is 0 Å². The van der Waals surface area contributed by atoms with Crippen LogP contribution in [0.2, 0.25) is 0 Å². The highest BCUT2D eigenvalue weighted by atomic mass is 16.3. The van der Waals surface area contributed by atoms with Gasteiger partial charge in [0.15, 0.2) is 17.5 Å². The molecule has 49 heavy (non-hydrogen) atoms. The van der Waals surface area contributed by atoms with Crippen LogP contribution in [-0.2, 0) is 0 Å². The molecule has 0 aliphatic heterocycles. The highest BCUT2D eigenvalue weighted by Crippen LogP contribution is 2.41. The van der Waals surface area contributed by atoms with Crippen LogP contribution in [0.4, 0.5) is 0 Å².